The predicted molar refractivity (Wildman–Crippen MR) is 138 cm³/mol. The maximum absolute atomic E-state index is 12.5. The van der Waals surface area contributed by atoms with Gasteiger partial charge in [0.2, 0.25) is 0 Å². The summed E-state index contributed by atoms with van der Waals surface area (Å²) in [6.45, 7) is 8.29. The van der Waals surface area contributed by atoms with Crippen LogP contribution < -0.4 is 9.47 Å². The number of carboxylic acids is 1. The highest BCUT2D eigenvalue weighted by Gasteiger charge is 2.48. The number of Topliss-reactive ketones (excluding diaryl/α,β-unsaturated/α-hetero) is 1. The molecule has 38 heavy (non-hydrogen) atoms. The second-order valence-corrected chi connectivity index (χ2v) is 11.3. The molecular weight excluding hydrogens is 494 g/mol. The lowest BCUT2D eigenvalue weighted by atomic mass is 9.66. The van der Waals surface area contributed by atoms with Crippen LogP contribution in [0.25, 0.3) is 0 Å². The average Bonchev–Trinajstić information content (AvgIpc) is 2.81. The number of carbonyl (C=O) groups is 3. The average molecular weight is 532 g/mol. The number of esters is 1. The number of ether oxygens (including phenoxy) is 2. The number of aliphatic carboxylic acids is 1. The van der Waals surface area contributed by atoms with E-state index < -0.39 is 22.6 Å². The lowest BCUT2D eigenvalue weighted by molar-refractivity contribution is -0.757. The molecule has 0 saturated heterocycles. The van der Waals surface area contributed by atoms with Crippen LogP contribution in [0.1, 0.15) is 96.1 Å². The molecule has 2 aliphatic rings. The third-order valence-electron chi connectivity index (χ3n) is 7.66. The lowest BCUT2D eigenvalue weighted by Crippen LogP contribution is -2.47. The summed E-state index contributed by atoms with van der Waals surface area (Å²) in [4.78, 5) is 50.5. The van der Waals surface area contributed by atoms with Crippen molar-refractivity contribution in [2.75, 3.05) is 6.61 Å². The summed E-state index contributed by atoms with van der Waals surface area (Å²) < 4.78 is 12.2. The van der Waals surface area contributed by atoms with Gasteiger partial charge in [-0.25, -0.2) is 9.59 Å². The Labute approximate surface area is 222 Å². The highest BCUT2D eigenvalue weighted by Crippen LogP contribution is 2.55. The molecule has 10 nitrogen and oxygen atoms in total. The Kier molecular flexibility index (Phi) is 9.17. The van der Waals surface area contributed by atoms with Gasteiger partial charge in [-0.3, -0.25) is 4.79 Å². The molecule has 0 bridgehead atoms. The monoisotopic (exact) mass is 531 g/mol. The maximum Gasteiger partial charge on any atom is 0.336 e. The van der Waals surface area contributed by atoms with E-state index in [1.165, 1.54) is 0 Å². The van der Waals surface area contributed by atoms with E-state index in [0.29, 0.717) is 42.7 Å². The summed E-state index contributed by atoms with van der Waals surface area (Å²) in [5.41, 5.74) is 0.744. The zero-order valence-corrected chi connectivity index (χ0v) is 22.5. The Balaban J connectivity index is 1.89. The number of rotatable bonds is 12. The van der Waals surface area contributed by atoms with E-state index >= 15 is 0 Å². The van der Waals surface area contributed by atoms with E-state index in [1.54, 1.807) is 0 Å². The first-order valence-electron chi connectivity index (χ1n) is 13.1. The summed E-state index contributed by atoms with van der Waals surface area (Å²) in [6.07, 6.45) is 7.08. The first-order valence-corrected chi connectivity index (χ1v) is 13.1. The minimum Gasteiger partial charge on any atom is -0.487 e. The van der Waals surface area contributed by atoms with Gasteiger partial charge in [0.1, 0.15) is 22.9 Å². The van der Waals surface area contributed by atoms with Gasteiger partial charge in [0.15, 0.2) is 0 Å². The van der Waals surface area contributed by atoms with Crippen LogP contribution in [-0.2, 0) is 24.6 Å². The van der Waals surface area contributed by atoms with Gasteiger partial charge in [-0.1, -0.05) is 33.1 Å². The van der Waals surface area contributed by atoms with Gasteiger partial charge < -0.3 is 19.4 Å². The summed E-state index contributed by atoms with van der Waals surface area (Å²) in [7, 11) is 0. The predicted octanol–water partition coefficient (Wildman–Crippen LogP) is 5.29. The van der Waals surface area contributed by atoms with Gasteiger partial charge in [-0.05, 0) is 56.2 Å². The van der Waals surface area contributed by atoms with Crippen LogP contribution in [0.5, 0.6) is 11.5 Å². The van der Waals surface area contributed by atoms with E-state index in [2.05, 4.69) is 18.7 Å². The van der Waals surface area contributed by atoms with Crippen LogP contribution in [0.15, 0.2) is 24.3 Å². The molecule has 1 N–H and O–H groups in total. The highest BCUT2D eigenvalue weighted by molar-refractivity contribution is 5.92. The molecule has 2 atom stereocenters. The molecule has 10 heteroatoms. The Morgan fingerprint density at radius 3 is 2.61 bits per heavy atom. The fraction of sp³-hybridized carbons (Fsp3) is 0.607. The van der Waals surface area contributed by atoms with Crippen molar-refractivity contribution in [3.63, 3.8) is 0 Å². The largest absolute Gasteiger partial charge is 0.487 e. The van der Waals surface area contributed by atoms with Crippen LogP contribution in [0.2, 0.25) is 0 Å². The number of nitrogens with zero attached hydrogens (tertiary/aromatic N) is 1. The Hall–Kier alpha value is -3.43. The smallest absolute Gasteiger partial charge is 0.336 e. The van der Waals surface area contributed by atoms with Crippen molar-refractivity contribution in [1.29, 1.82) is 0 Å². The molecule has 0 spiro atoms. The van der Waals surface area contributed by atoms with E-state index in [4.69, 9.17) is 14.6 Å². The second kappa shape index (κ2) is 12.0. The molecule has 1 fully saturated rings. The van der Waals surface area contributed by atoms with Gasteiger partial charge in [0.25, 0.3) is 5.09 Å². The number of ketones is 1. The van der Waals surface area contributed by atoms with Crippen LogP contribution in [-0.4, -0.2) is 40.1 Å². The molecule has 1 aliphatic heterocycles. The molecule has 1 heterocycles. The summed E-state index contributed by atoms with van der Waals surface area (Å²) in [5, 5.41) is 18.4. The van der Waals surface area contributed by atoms with Crippen molar-refractivity contribution in [2.24, 2.45) is 5.92 Å². The van der Waals surface area contributed by atoms with Crippen LogP contribution in [0.3, 0.4) is 0 Å². The molecule has 0 aromatic heterocycles. The molecule has 3 rings (SSSR count). The first kappa shape index (κ1) is 29.1. The highest BCUT2D eigenvalue weighted by atomic mass is 16.9. The molecule has 0 unspecified atom stereocenters. The topological polar surface area (TPSA) is 142 Å². The third kappa shape index (κ3) is 7.33. The van der Waals surface area contributed by atoms with Gasteiger partial charge in [0.05, 0.1) is 6.61 Å². The number of hydrogen-bond donors (Lipinski definition) is 1. The maximum atomic E-state index is 12.5. The second-order valence-electron chi connectivity index (χ2n) is 11.3. The molecular formula is C28H37NO9. The Morgan fingerprint density at radius 2 is 1.92 bits per heavy atom. The quantitative estimate of drug-likeness (QED) is 0.0950. The molecule has 0 amide bonds. The fourth-order valence-corrected chi connectivity index (χ4v) is 5.62. The van der Waals surface area contributed by atoms with E-state index in [0.717, 1.165) is 43.4 Å². The summed E-state index contributed by atoms with van der Waals surface area (Å²) in [6, 6.07) is 3.79. The van der Waals surface area contributed by atoms with E-state index in [-0.39, 0.29) is 29.6 Å². The Morgan fingerprint density at radius 1 is 1.21 bits per heavy atom. The van der Waals surface area contributed by atoms with Crippen molar-refractivity contribution in [3.05, 3.63) is 45.5 Å². The molecule has 1 saturated carbocycles. The molecule has 0 radical (unpaired) electrons. The van der Waals surface area contributed by atoms with Crippen molar-refractivity contribution in [2.45, 2.75) is 96.0 Å². The zero-order chi connectivity index (χ0) is 28.1. The fourth-order valence-electron chi connectivity index (χ4n) is 5.62. The van der Waals surface area contributed by atoms with Crippen molar-refractivity contribution >= 4 is 17.7 Å². The number of carbonyl (C=O) groups excluding carboxylic acids is 2. The van der Waals surface area contributed by atoms with Gasteiger partial charge >= 0.3 is 11.9 Å². The zero-order valence-electron chi connectivity index (χ0n) is 22.5. The normalized spacial score (nSPS) is 20.3. The number of unbranched alkanes of at least 4 members (excludes halogenated alkanes) is 3. The van der Waals surface area contributed by atoms with Crippen molar-refractivity contribution in [3.8, 4) is 11.5 Å². The summed E-state index contributed by atoms with van der Waals surface area (Å²) in [5.74, 6) is -1.14. The van der Waals surface area contributed by atoms with Gasteiger partial charge in [-0.15, -0.1) is 10.1 Å². The van der Waals surface area contributed by atoms with Crippen LogP contribution >= 0.6 is 0 Å². The minimum atomic E-state index is -1.26. The number of carboxylic acid groups (broad SMARTS) is 1. The molecule has 1 aliphatic carbocycles. The van der Waals surface area contributed by atoms with Crippen molar-refractivity contribution in [1.82, 2.24) is 0 Å². The number of benzene rings is 1. The van der Waals surface area contributed by atoms with E-state index in [9.17, 15) is 24.5 Å². The minimum absolute atomic E-state index is 0.0675. The van der Waals surface area contributed by atoms with E-state index in [1.807, 2.05) is 26.0 Å². The lowest BCUT2D eigenvalue weighted by Gasteiger charge is -2.47. The molecule has 208 valence electrons. The number of fused-ring (bicyclic) bond motifs is 3. The standard InChI is InChI=1S/C28H37NO9/c1-27(2,13-7-5-6-8-14-36-29(34)35)18-15-22(37-25(33)12-11-24(31)32)26-20-17-19(30)9-10-21(20)28(3,4)38-23(26)16-18/h11-12,15-16,20-21H,5-10,13-14,17H2,1-4H3,(H,31,32)/b12-11+/t20-,21+/m1/s1. The first-order chi connectivity index (χ1) is 17.8. The molecule has 1 aromatic rings. The SMILES string of the molecule is CC(C)(CCCCCCO[N+](=O)[O-])c1cc(OC(=O)/C=C/C(=O)O)c2c(c1)OC(C)(C)[C@H]1CCC(=O)C[C@@H]21. The number of hydrogen-bond acceptors (Lipinski definition) is 8. The van der Waals surface area contributed by atoms with Crippen LogP contribution in [0, 0.1) is 16.0 Å². The molecule has 1 aromatic carbocycles. The third-order valence-corrected chi connectivity index (χ3v) is 7.66. The van der Waals surface area contributed by atoms with Gasteiger partial charge in [-0.2, -0.15) is 0 Å². The summed E-state index contributed by atoms with van der Waals surface area (Å²) >= 11 is 0. The van der Waals surface area contributed by atoms with Crippen LogP contribution in [0.4, 0.5) is 0 Å². The van der Waals surface area contributed by atoms with Crippen molar-refractivity contribution < 1.29 is 38.9 Å². The van der Waals surface area contributed by atoms with Gasteiger partial charge in [0, 0.05) is 42.4 Å². The Bertz CT molecular complexity index is 1110.